The fraction of sp³-hybridized carbons (Fsp3) is 0.500. The highest BCUT2D eigenvalue weighted by atomic mass is 32.2. The van der Waals surface area contributed by atoms with Crippen LogP contribution in [0.3, 0.4) is 0 Å². The first-order valence-electron chi connectivity index (χ1n) is 4.56. The lowest BCUT2D eigenvalue weighted by Gasteiger charge is -2.03. The summed E-state index contributed by atoms with van der Waals surface area (Å²) in [6.45, 7) is 0.152. The highest BCUT2D eigenvalue weighted by molar-refractivity contribution is 7.89. The lowest BCUT2D eigenvalue weighted by molar-refractivity contribution is -0.137. The van der Waals surface area contributed by atoms with Crippen molar-refractivity contribution in [3.05, 3.63) is 16.6 Å². The molecule has 1 rings (SSSR count). The van der Waals surface area contributed by atoms with Gasteiger partial charge in [0.1, 0.15) is 0 Å². The summed E-state index contributed by atoms with van der Waals surface area (Å²) in [5.41, 5.74) is 2.28. The molecule has 6 nitrogen and oxygen atoms in total. The molecule has 8 heteroatoms. The maximum Gasteiger partial charge on any atom is 0.303 e. The SMILES string of the molecule is O=C(O)CCCS(=O)(=O)NCc1cscn1. The molecule has 0 bridgehead atoms. The van der Waals surface area contributed by atoms with Gasteiger partial charge in [0.05, 0.1) is 23.5 Å². The van der Waals surface area contributed by atoms with Crippen LogP contribution in [-0.2, 0) is 21.4 Å². The van der Waals surface area contributed by atoms with Crippen LogP contribution in [0.4, 0.5) is 0 Å². The molecule has 16 heavy (non-hydrogen) atoms. The topological polar surface area (TPSA) is 96.4 Å². The van der Waals surface area contributed by atoms with Crippen LogP contribution in [0.15, 0.2) is 10.9 Å². The van der Waals surface area contributed by atoms with Gasteiger partial charge in [0.2, 0.25) is 10.0 Å². The third-order valence-corrected chi connectivity index (χ3v) is 3.81. The van der Waals surface area contributed by atoms with Gasteiger partial charge >= 0.3 is 5.97 Å². The number of nitrogens with zero attached hydrogens (tertiary/aromatic N) is 1. The maximum atomic E-state index is 11.4. The van der Waals surface area contributed by atoms with Crippen molar-refractivity contribution in [1.29, 1.82) is 0 Å². The number of rotatable bonds is 7. The molecular formula is C8H12N2O4S2. The zero-order valence-corrected chi connectivity index (χ0v) is 10.1. The monoisotopic (exact) mass is 264 g/mol. The lowest BCUT2D eigenvalue weighted by atomic mass is 10.3. The third kappa shape index (κ3) is 5.19. The van der Waals surface area contributed by atoms with Gasteiger partial charge in [-0.2, -0.15) is 0 Å². The number of nitrogens with one attached hydrogen (secondary N) is 1. The fourth-order valence-electron chi connectivity index (χ4n) is 0.994. The van der Waals surface area contributed by atoms with Crippen LogP contribution >= 0.6 is 11.3 Å². The Morgan fingerprint density at radius 2 is 2.31 bits per heavy atom. The summed E-state index contributed by atoms with van der Waals surface area (Å²) in [6, 6.07) is 0. The minimum absolute atomic E-state index is 0.113. The smallest absolute Gasteiger partial charge is 0.303 e. The Morgan fingerprint density at radius 3 is 2.88 bits per heavy atom. The van der Waals surface area contributed by atoms with E-state index < -0.39 is 16.0 Å². The minimum atomic E-state index is -3.40. The summed E-state index contributed by atoms with van der Waals surface area (Å²) in [4.78, 5) is 14.1. The highest BCUT2D eigenvalue weighted by Crippen LogP contribution is 2.01. The first-order valence-corrected chi connectivity index (χ1v) is 7.15. The number of hydrogen-bond donors (Lipinski definition) is 2. The molecule has 1 heterocycles. The number of aliphatic carboxylic acids is 1. The van der Waals surface area contributed by atoms with Crippen LogP contribution in [0.25, 0.3) is 0 Å². The molecule has 1 aromatic heterocycles. The quantitative estimate of drug-likeness (QED) is 0.744. The van der Waals surface area contributed by atoms with E-state index in [0.29, 0.717) is 5.69 Å². The van der Waals surface area contributed by atoms with Gasteiger partial charge in [0.25, 0.3) is 0 Å². The maximum absolute atomic E-state index is 11.4. The molecule has 90 valence electrons. The summed E-state index contributed by atoms with van der Waals surface area (Å²) in [6.07, 6.45) is -0.0284. The first kappa shape index (κ1) is 13.1. The van der Waals surface area contributed by atoms with E-state index in [-0.39, 0.29) is 25.1 Å². The Labute approximate surface area is 97.4 Å². The molecule has 1 aromatic rings. The molecule has 2 N–H and O–H groups in total. The molecule has 0 atom stereocenters. The fourth-order valence-corrected chi connectivity index (χ4v) is 2.59. The first-order chi connectivity index (χ1) is 7.49. The van der Waals surface area contributed by atoms with E-state index in [0.717, 1.165) is 0 Å². The van der Waals surface area contributed by atoms with E-state index in [1.165, 1.54) is 11.3 Å². The van der Waals surface area contributed by atoms with Crippen molar-refractivity contribution in [2.75, 3.05) is 5.75 Å². The summed E-state index contributed by atoms with van der Waals surface area (Å²) in [7, 11) is -3.40. The summed E-state index contributed by atoms with van der Waals surface area (Å²) in [5.74, 6) is -1.17. The number of carboxylic acids is 1. The average Bonchev–Trinajstić information content (AvgIpc) is 2.66. The molecule has 0 aliphatic rings. The number of carboxylic acid groups (broad SMARTS) is 1. The zero-order valence-electron chi connectivity index (χ0n) is 8.42. The molecule has 0 saturated heterocycles. The van der Waals surface area contributed by atoms with E-state index in [1.54, 1.807) is 10.9 Å². The van der Waals surface area contributed by atoms with E-state index in [9.17, 15) is 13.2 Å². The van der Waals surface area contributed by atoms with Crippen molar-refractivity contribution in [3.63, 3.8) is 0 Å². The van der Waals surface area contributed by atoms with Gasteiger partial charge in [0.15, 0.2) is 0 Å². The second-order valence-corrected chi connectivity index (χ2v) is 5.76. The Balaban J connectivity index is 2.31. The molecule has 0 spiro atoms. The largest absolute Gasteiger partial charge is 0.481 e. The van der Waals surface area contributed by atoms with Gasteiger partial charge in [-0.3, -0.25) is 4.79 Å². The average molecular weight is 264 g/mol. The van der Waals surface area contributed by atoms with E-state index in [4.69, 9.17) is 5.11 Å². The van der Waals surface area contributed by atoms with Crippen LogP contribution in [0.1, 0.15) is 18.5 Å². The lowest BCUT2D eigenvalue weighted by Crippen LogP contribution is -2.26. The van der Waals surface area contributed by atoms with Gasteiger partial charge in [-0.05, 0) is 6.42 Å². The van der Waals surface area contributed by atoms with Crippen LogP contribution in [0, 0.1) is 0 Å². The molecule has 0 radical (unpaired) electrons. The number of thiazole rings is 1. The van der Waals surface area contributed by atoms with Gasteiger partial charge in [-0.1, -0.05) is 0 Å². The van der Waals surface area contributed by atoms with Crippen molar-refractivity contribution in [1.82, 2.24) is 9.71 Å². The summed E-state index contributed by atoms with van der Waals surface area (Å²) >= 11 is 1.39. The van der Waals surface area contributed by atoms with Crippen molar-refractivity contribution < 1.29 is 18.3 Å². The molecule has 0 unspecified atom stereocenters. The van der Waals surface area contributed by atoms with Crippen LogP contribution in [-0.4, -0.2) is 30.2 Å². The molecule has 0 aliphatic carbocycles. The van der Waals surface area contributed by atoms with Crippen LogP contribution in [0.5, 0.6) is 0 Å². The standard InChI is InChI=1S/C8H12N2O4S2/c11-8(12)2-1-3-16(13,14)10-4-7-5-15-6-9-7/h5-6,10H,1-4H2,(H,11,12). The molecule has 0 aromatic carbocycles. The van der Waals surface area contributed by atoms with Crippen LogP contribution < -0.4 is 4.72 Å². The van der Waals surface area contributed by atoms with Crippen molar-refractivity contribution >= 4 is 27.3 Å². The Kier molecular flexibility index (Phi) is 4.84. The molecule has 0 saturated carbocycles. The van der Waals surface area contributed by atoms with Crippen molar-refractivity contribution in [2.24, 2.45) is 0 Å². The Morgan fingerprint density at radius 1 is 1.56 bits per heavy atom. The third-order valence-electron chi connectivity index (χ3n) is 1.76. The van der Waals surface area contributed by atoms with Gasteiger partial charge in [0, 0.05) is 11.8 Å². The molecular weight excluding hydrogens is 252 g/mol. The molecule has 0 amide bonds. The Bertz CT molecular complexity index is 427. The van der Waals surface area contributed by atoms with Gasteiger partial charge in [-0.25, -0.2) is 18.1 Å². The predicted molar refractivity (Wildman–Crippen MR) is 59.6 cm³/mol. The number of carbonyl (C=O) groups is 1. The van der Waals surface area contributed by atoms with Crippen LogP contribution in [0.2, 0.25) is 0 Å². The molecule has 0 aliphatic heterocycles. The van der Waals surface area contributed by atoms with Gasteiger partial charge < -0.3 is 5.11 Å². The normalized spacial score (nSPS) is 11.5. The van der Waals surface area contributed by atoms with Crippen molar-refractivity contribution in [3.8, 4) is 0 Å². The van der Waals surface area contributed by atoms with Gasteiger partial charge in [-0.15, -0.1) is 11.3 Å². The summed E-state index contributed by atoms with van der Waals surface area (Å²) in [5, 5.41) is 10.1. The zero-order chi connectivity index (χ0) is 12.0. The second-order valence-electron chi connectivity index (χ2n) is 3.12. The Hall–Kier alpha value is -0.990. The predicted octanol–water partition coefficient (Wildman–Crippen LogP) is 0.427. The van der Waals surface area contributed by atoms with E-state index in [1.807, 2.05) is 0 Å². The molecule has 0 fully saturated rings. The van der Waals surface area contributed by atoms with E-state index >= 15 is 0 Å². The highest BCUT2D eigenvalue weighted by Gasteiger charge is 2.11. The number of aromatic nitrogens is 1. The van der Waals surface area contributed by atoms with E-state index in [2.05, 4.69) is 9.71 Å². The second kappa shape index (κ2) is 5.92. The number of hydrogen-bond acceptors (Lipinski definition) is 5. The number of sulfonamides is 1. The summed E-state index contributed by atoms with van der Waals surface area (Å²) < 4.78 is 25.1. The minimum Gasteiger partial charge on any atom is -0.481 e. The van der Waals surface area contributed by atoms with Crippen molar-refractivity contribution in [2.45, 2.75) is 19.4 Å².